The first-order valence-corrected chi connectivity index (χ1v) is 8.62. The average molecular weight is 354 g/mol. The summed E-state index contributed by atoms with van der Waals surface area (Å²) < 4.78 is 15.5. The fourth-order valence-electron chi connectivity index (χ4n) is 3.18. The van der Waals surface area contributed by atoms with Gasteiger partial charge in [-0.15, -0.1) is 0 Å². The van der Waals surface area contributed by atoms with Crippen LogP contribution < -0.4 is 9.47 Å². The molecule has 0 amide bonds. The molecule has 0 aromatic heterocycles. The van der Waals surface area contributed by atoms with Gasteiger partial charge in [0.15, 0.2) is 23.9 Å². The van der Waals surface area contributed by atoms with E-state index in [0.717, 1.165) is 24.8 Å². The zero-order valence-corrected chi connectivity index (χ0v) is 15.0. The SMILES string of the molecule is COc1ccc(CC(=O)OCC(=O)c2ccc3c(c2)CCC3)cc1OC. The Kier molecular flexibility index (Phi) is 5.56. The van der Waals surface area contributed by atoms with E-state index >= 15 is 0 Å². The van der Waals surface area contributed by atoms with E-state index in [1.165, 1.54) is 18.2 Å². The van der Waals surface area contributed by atoms with Crippen LogP contribution in [0, 0.1) is 0 Å². The van der Waals surface area contributed by atoms with E-state index in [0.29, 0.717) is 17.1 Å². The van der Waals surface area contributed by atoms with E-state index < -0.39 is 5.97 Å². The van der Waals surface area contributed by atoms with Crippen molar-refractivity contribution < 1.29 is 23.8 Å². The lowest BCUT2D eigenvalue weighted by atomic mass is 10.0. The number of benzene rings is 2. The van der Waals surface area contributed by atoms with E-state index in [4.69, 9.17) is 14.2 Å². The number of carbonyl (C=O) groups excluding carboxylic acids is 2. The number of hydrogen-bond donors (Lipinski definition) is 0. The highest BCUT2D eigenvalue weighted by Gasteiger charge is 2.16. The monoisotopic (exact) mass is 354 g/mol. The maximum absolute atomic E-state index is 12.3. The van der Waals surface area contributed by atoms with Crippen molar-refractivity contribution in [3.63, 3.8) is 0 Å². The molecule has 2 aromatic rings. The summed E-state index contributed by atoms with van der Waals surface area (Å²) in [7, 11) is 3.09. The molecule has 3 rings (SSSR count). The number of aryl methyl sites for hydroxylation is 2. The van der Waals surface area contributed by atoms with Crippen LogP contribution in [0.15, 0.2) is 36.4 Å². The fraction of sp³-hybridized carbons (Fsp3) is 0.333. The van der Waals surface area contributed by atoms with Crippen LogP contribution in [0.25, 0.3) is 0 Å². The topological polar surface area (TPSA) is 61.8 Å². The Morgan fingerprint density at radius 3 is 2.46 bits per heavy atom. The number of esters is 1. The van der Waals surface area contributed by atoms with Crippen LogP contribution in [-0.4, -0.2) is 32.6 Å². The molecule has 0 aliphatic heterocycles. The van der Waals surface area contributed by atoms with E-state index in [9.17, 15) is 9.59 Å². The average Bonchev–Trinajstić information content (AvgIpc) is 3.13. The van der Waals surface area contributed by atoms with Gasteiger partial charge in [-0.2, -0.15) is 0 Å². The molecule has 0 bridgehead atoms. The maximum Gasteiger partial charge on any atom is 0.310 e. The number of ether oxygens (including phenoxy) is 3. The Morgan fingerprint density at radius 2 is 1.69 bits per heavy atom. The van der Waals surface area contributed by atoms with E-state index in [1.54, 1.807) is 25.3 Å². The maximum atomic E-state index is 12.3. The van der Waals surface area contributed by atoms with Crippen LogP contribution in [-0.2, 0) is 28.8 Å². The van der Waals surface area contributed by atoms with Crippen molar-refractivity contribution in [1.29, 1.82) is 0 Å². The zero-order chi connectivity index (χ0) is 18.5. The lowest BCUT2D eigenvalue weighted by molar-refractivity contribution is -0.141. The normalized spacial score (nSPS) is 12.4. The zero-order valence-electron chi connectivity index (χ0n) is 15.0. The molecule has 1 aliphatic carbocycles. The summed E-state index contributed by atoms with van der Waals surface area (Å²) in [6.07, 6.45) is 3.28. The molecular weight excluding hydrogens is 332 g/mol. The fourth-order valence-corrected chi connectivity index (χ4v) is 3.18. The summed E-state index contributed by atoms with van der Waals surface area (Å²) in [4.78, 5) is 24.3. The summed E-state index contributed by atoms with van der Waals surface area (Å²) in [6, 6.07) is 11.0. The summed E-state index contributed by atoms with van der Waals surface area (Å²) in [5.41, 5.74) is 3.88. The summed E-state index contributed by atoms with van der Waals surface area (Å²) >= 11 is 0. The second kappa shape index (κ2) is 8.04. The third kappa shape index (κ3) is 4.04. The van der Waals surface area contributed by atoms with Gasteiger partial charge in [-0.05, 0) is 54.2 Å². The molecule has 5 nitrogen and oxygen atoms in total. The van der Waals surface area contributed by atoms with Crippen molar-refractivity contribution in [2.45, 2.75) is 25.7 Å². The van der Waals surface area contributed by atoms with Crippen molar-refractivity contribution in [1.82, 2.24) is 0 Å². The van der Waals surface area contributed by atoms with Crippen molar-refractivity contribution >= 4 is 11.8 Å². The first-order valence-electron chi connectivity index (χ1n) is 8.62. The lowest BCUT2D eigenvalue weighted by Gasteiger charge is -2.10. The number of hydrogen-bond acceptors (Lipinski definition) is 5. The van der Waals surface area contributed by atoms with Gasteiger partial charge in [0.25, 0.3) is 0 Å². The highest BCUT2D eigenvalue weighted by atomic mass is 16.5. The third-order valence-corrected chi connectivity index (χ3v) is 4.58. The molecule has 0 spiro atoms. The minimum absolute atomic E-state index is 0.0673. The highest BCUT2D eigenvalue weighted by molar-refractivity contribution is 5.98. The van der Waals surface area contributed by atoms with Crippen LogP contribution in [0.5, 0.6) is 11.5 Å². The van der Waals surface area contributed by atoms with Crippen LogP contribution in [0.4, 0.5) is 0 Å². The Bertz CT molecular complexity index is 825. The number of methoxy groups -OCH3 is 2. The van der Waals surface area contributed by atoms with Gasteiger partial charge in [0.05, 0.1) is 20.6 Å². The largest absolute Gasteiger partial charge is 0.493 e. The Hall–Kier alpha value is -2.82. The van der Waals surface area contributed by atoms with Crippen LogP contribution in [0.1, 0.15) is 33.5 Å². The Morgan fingerprint density at radius 1 is 0.923 bits per heavy atom. The molecule has 0 N–H and O–H groups in total. The predicted molar refractivity (Wildman–Crippen MR) is 97.0 cm³/mol. The Balaban J connectivity index is 1.56. The van der Waals surface area contributed by atoms with Gasteiger partial charge in [-0.25, -0.2) is 0 Å². The predicted octanol–water partition coefficient (Wildman–Crippen LogP) is 3.16. The van der Waals surface area contributed by atoms with Crippen LogP contribution in [0.3, 0.4) is 0 Å². The van der Waals surface area contributed by atoms with Gasteiger partial charge < -0.3 is 14.2 Å². The number of ketones is 1. The van der Waals surface area contributed by atoms with Crippen molar-refractivity contribution in [3.8, 4) is 11.5 Å². The molecule has 0 fully saturated rings. The second-order valence-corrected chi connectivity index (χ2v) is 6.29. The first kappa shape index (κ1) is 18.0. The van der Waals surface area contributed by atoms with Crippen LogP contribution >= 0.6 is 0 Å². The summed E-state index contributed by atoms with van der Waals surface area (Å²) in [5.74, 6) is 0.510. The second-order valence-electron chi connectivity index (χ2n) is 6.29. The highest BCUT2D eigenvalue weighted by Crippen LogP contribution is 2.28. The molecule has 0 atom stereocenters. The quantitative estimate of drug-likeness (QED) is 0.565. The molecule has 136 valence electrons. The van der Waals surface area contributed by atoms with Crippen molar-refractivity contribution in [3.05, 3.63) is 58.7 Å². The van der Waals surface area contributed by atoms with Gasteiger partial charge in [0.1, 0.15) is 0 Å². The first-order chi connectivity index (χ1) is 12.6. The van der Waals surface area contributed by atoms with Gasteiger partial charge in [0.2, 0.25) is 0 Å². The number of fused-ring (bicyclic) bond motifs is 1. The van der Waals surface area contributed by atoms with Gasteiger partial charge in [-0.3, -0.25) is 9.59 Å². The molecular formula is C21H22O5. The molecule has 5 heteroatoms. The van der Waals surface area contributed by atoms with Crippen molar-refractivity contribution in [2.75, 3.05) is 20.8 Å². The minimum Gasteiger partial charge on any atom is -0.493 e. The molecule has 0 saturated carbocycles. The molecule has 0 heterocycles. The number of carbonyl (C=O) groups is 2. The summed E-state index contributed by atoms with van der Waals surface area (Å²) in [6.45, 7) is -0.245. The Labute approximate surface area is 152 Å². The molecule has 0 saturated heterocycles. The number of rotatable bonds is 7. The number of Topliss-reactive ketones (excluding diaryl/α,β-unsaturated/α-hetero) is 1. The van der Waals surface area contributed by atoms with E-state index in [2.05, 4.69) is 0 Å². The summed E-state index contributed by atoms with van der Waals surface area (Å²) in [5, 5.41) is 0. The van der Waals surface area contributed by atoms with Gasteiger partial charge in [0, 0.05) is 5.56 Å². The minimum atomic E-state index is -0.452. The molecule has 26 heavy (non-hydrogen) atoms. The van der Waals surface area contributed by atoms with E-state index in [-0.39, 0.29) is 18.8 Å². The van der Waals surface area contributed by atoms with Crippen molar-refractivity contribution in [2.24, 2.45) is 0 Å². The standard InChI is InChI=1S/C21H22O5/c1-24-19-9-6-14(10-20(19)25-2)11-21(23)26-13-18(22)17-8-7-15-4-3-5-16(15)12-17/h6-10,12H,3-5,11,13H2,1-2H3. The lowest BCUT2D eigenvalue weighted by Crippen LogP contribution is -2.16. The molecule has 1 aliphatic rings. The molecule has 0 unspecified atom stereocenters. The van der Waals surface area contributed by atoms with E-state index in [1.807, 2.05) is 18.2 Å². The third-order valence-electron chi connectivity index (χ3n) is 4.58. The smallest absolute Gasteiger partial charge is 0.310 e. The van der Waals surface area contributed by atoms with Gasteiger partial charge in [-0.1, -0.05) is 18.2 Å². The van der Waals surface area contributed by atoms with Crippen LogP contribution in [0.2, 0.25) is 0 Å². The molecule has 2 aromatic carbocycles. The molecule has 0 radical (unpaired) electrons. The van der Waals surface area contributed by atoms with Gasteiger partial charge >= 0.3 is 5.97 Å².